The van der Waals surface area contributed by atoms with Gasteiger partial charge in [-0.05, 0) is 83.6 Å². The quantitative estimate of drug-likeness (QED) is 0.172. The standard InChI is InChI=1S/C52H36N2O/c1-34-48-47(33-39-32-38-20-11-12-23-42(38)49(39)52(48)55-51(34)37-18-7-3-8-19-37)53(41-30-28-36(29-31-41)35-16-5-2-6-17-35)46-27-15-25-44-43-24-13-14-26-45(43)54(50(44)46)40-21-9-4-10-22-40/h2-31,33H,32H2,1H3. The summed E-state index contributed by atoms with van der Waals surface area (Å²) in [7, 11) is 0. The van der Waals surface area contributed by atoms with Crippen molar-refractivity contribution in [2.24, 2.45) is 0 Å². The fourth-order valence-corrected chi connectivity index (χ4v) is 8.92. The molecular weight excluding hydrogens is 669 g/mol. The zero-order valence-electron chi connectivity index (χ0n) is 30.4. The Balaban J connectivity index is 1.26. The number of furan rings is 1. The number of hydrogen-bond acceptors (Lipinski definition) is 2. The van der Waals surface area contributed by atoms with Gasteiger partial charge in [0.1, 0.15) is 11.3 Å². The van der Waals surface area contributed by atoms with Gasteiger partial charge in [-0.3, -0.25) is 0 Å². The summed E-state index contributed by atoms with van der Waals surface area (Å²) in [5.74, 6) is 0.908. The van der Waals surface area contributed by atoms with Crippen molar-refractivity contribution in [2.45, 2.75) is 13.3 Å². The third-order valence-electron chi connectivity index (χ3n) is 11.4. The molecule has 0 saturated heterocycles. The van der Waals surface area contributed by atoms with E-state index in [-0.39, 0.29) is 0 Å². The largest absolute Gasteiger partial charge is 0.455 e. The Morgan fingerprint density at radius 2 is 1.16 bits per heavy atom. The minimum Gasteiger partial charge on any atom is -0.455 e. The highest BCUT2D eigenvalue weighted by Gasteiger charge is 2.31. The predicted octanol–water partition coefficient (Wildman–Crippen LogP) is 14.2. The van der Waals surface area contributed by atoms with Gasteiger partial charge >= 0.3 is 0 Å². The van der Waals surface area contributed by atoms with Crippen molar-refractivity contribution >= 4 is 49.8 Å². The molecule has 3 heteroatoms. The Kier molecular flexibility index (Phi) is 7.14. The van der Waals surface area contributed by atoms with Gasteiger partial charge < -0.3 is 13.9 Å². The lowest BCUT2D eigenvalue weighted by molar-refractivity contribution is 0.630. The van der Waals surface area contributed by atoms with Crippen LogP contribution in [-0.2, 0) is 6.42 Å². The van der Waals surface area contributed by atoms with Crippen LogP contribution in [0.2, 0.25) is 0 Å². The smallest absolute Gasteiger partial charge is 0.145 e. The molecule has 3 nitrogen and oxygen atoms in total. The lowest BCUT2D eigenvalue weighted by Gasteiger charge is -2.29. The van der Waals surface area contributed by atoms with Crippen LogP contribution in [0.1, 0.15) is 16.7 Å². The van der Waals surface area contributed by atoms with Gasteiger partial charge in [0, 0.05) is 44.2 Å². The Bertz CT molecular complexity index is 3050. The highest BCUT2D eigenvalue weighted by atomic mass is 16.3. The summed E-state index contributed by atoms with van der Waals surface area (Å²) in [4.78, 5) is 2.48. The molecular formula is C52H36N2O. The van der Waals surface area contributed by atoms with E-state index in [0.717, 1.165) is 62.5 Å². The van der Waals surface area contributed by atoms with Gasteiger partial charge in [-0.2, -0.15) is 0 Å². The van der Waals surface area contributed by atoms with Crippen LogP contribution >= 0.6 is 0 Å². The fourth-order valence-electron chi connectivity index (χ4n) is 8.92. The molecule has 0 aliphatic heterocycles. The number of hydrogen-bond donors (Lipinski definition) is 0. The number of anilines is 3. The topological polar surface area (TPSA) is 21.3 Å². The predicted molar refractivity (Wildman–Crippen MR) is 229 cm³/mol. The second-order valence-corrected chi connectivity index (χ2v) is 14.5. The van der Waals surface area contributed by atoms with Crippen molar-refractivity contribution in [3.05, 3.63) is 205 Å². The number of para-hydroxylation sites is 3. The zero-order valence-corrected chi connectivity index (χ0v) is 30.4. The molecule has 10 aromatic rings. The van der Waals surface area contributed by atoms with Crippen LogP contribution in [0.3, 0.4) is 0 Å². The minimum absolute atomic E-state index is 0.851. The van der Waals surface area contributed by atoms with E-state index in [4.69, 9.17) is 4.42 Å². The molecule has 55 heavy (non-hydrogen) atoms. The van der Waals surface area contributed by atoms with E-state index < -0.39 is 0 Å². The van der Waals surface area contributed by atoms with Gasteiger partial charge in [-0.25, -0.2) is 0 Å². The van der Waals surface area contributed by atoms with E-state index in [2.05, 4.69) is 204 Å². The van der Waals surface area contributed by atoms with E-state index in [0.29, 0.717) is 0 Å². The van der Waals surface area contributed by atoms with E-state index in [9.17, 15) is 0 Å². The Hall–Kier alpha value is -7.10. The van der Waals surface area contributed by atoms with Crippen molar-refractivity contribution < 1.29 is 4.42 Å². The van der Waals surface area contributed by atoms with Gasteiger partial charge in [-0.15, -0.1) is 0 Å². The summed E-state index contributed by atoms with van der Waals surface area (Å²) in [5, 5.41) is 3.56. The van der Waals surface area contributed by atoms with Crippen LogP contribution in [0.25, 0.3) is 72.0 Å². The Morgan fingerprint density at radius 1 is 0.527 bits per heavy atom. The molecule has 2 heterocycles. The lowest BCUT2D eigenvalue weighted by Crippen LogP contribution is -2.13. The summed E-state index contributed by atoms with van der Waals surface area (Å²) in [6.07, 6.45) is 0.851. The van der Waals surface area contributed by atoms with E-state index >= 15 is 0 Å². The summed E-state index contributed by atoms with van der Waals surface area (Å²) >= 11 is 0. The van der Waals surface area contributed by atoms with Crippen LogP contribution in [0.4, 0.5) is 17.1 Å². The fraction of sp³-hybridized carbons (Fsp3) is 0.0385. The molecule has 260 valence electrons. The molecule has 1 aliphatic rings. The van der Waals surface area contributed by atoms with Crippen molar-refractivity contribution in [3.8, 4) is 39.3 Å². The van der Waals surface area contributed by atoms with Crippen LogP contribution in [-0.4, -0.2) is 4.57 Å². The molecule has 0 saturated carbocycles. The summed E-state index contributed by atoms with van der Waals surface area (Å²) in [5.41, 5.74) is 17.3. The van der Waals surface area contributed by atoms with Gasteiger partial charge in [0.05, 0.1) is 22.4 Å². The maximum Gasteiger partial charge on any atom is 0.145 e. The molecule has 0 atom stereocenters. The number of fused-ring (bicyclic) bond motifs is 8. The van der Waals surface area contributed by atoms with Gasteiger partial charge in [0.15, 0.2) is 0 Å². The molecule has 2 aromatic heterocycles. The number of aromatic nitrogens is 1. The van der Waals surface area contributed by atoms with E-state index in [1.807, 2.05) is 0 Å². The second-order valence-electron chi connectivity index (χ2n) is 14.5. The van der Waals surface area contributed by atoms with Crippen molar-refractivity contribution in [1.82, 2.24) is 4.57 Å². The molecule has 0 amide bonds. The van der Waals surface area contributed by atoms with E-state index in [1.165, 1.54) is 49.7 Å². The minimum atomic E-state index is 0.851. The van der Waals surface area contributed by atoms with Gasteiger partial charge in [-0.1, -0.05) is 146 Å². The molecule has 0 bridgehead atoms. The third kappa shape index (κ3) is 4.90. The van der Waals surface area contributed by atoms with Crippen molar-refractivity contribution in [3.63, 3.8) is 0 Å². The zero-order chi connectivity index (χ0) is 36.5. The number of aryl methyl sites for hydroxylation is 1. The SMILES string of the molecule is Cc1c(-c2ccccc2)oc2c3c(cc(N(c4ccc(-c5ccccc5)cc4)c4cccc5c6ccccc6n(-c6ccccc6)c45)c12)Cc1ccccc1-3. The first-order chi connectivity index (χ1) is 27.2. The monoisotopic (exact) mass is 704 g/mol. The molecule has 1 aliphatic carbocycles. The summed E-state index contributed by atoms with van der Waals surface area (Å²) in [6.45, 7) is 2.23. The average molecular weight is 705 g/mol. The van der Waals surface area contributed by atoms with Gasteiger partial charge in [0.25, 0.3) is 0 Å². The average Bonchev–Trinajstić information content (AvgIpc) is 3.92. The molecule has 0 fully saturated rings. The first-order valence-corrected chi connectivity index (χ1v) is 19.0. The first-order valence-electron chi connectivity index (χ1n) is 19.0. The molecule has 0 spiro atoms. The molecule has 8 aromatic carbocycles. The van der Waals surface area contributed by atoms with Crippen LogP contribution in [0.15, 0.2) is 192 Å². The highest BCUT2D eigenvalue weighted by Crippen LogP contribution is 2.53. The normalized spacial score (nSPS) is 12.0. The maximum absolute atomic E-state index is 7.12. The maximum atomic E-state index is 7.12. The molecule has 11 rings (SSSR count). The van der Waals surface area contributed by atoms with Crippen LogP contribution in [0.5, 0.6) is 0 Å². The second kappa shape index (κ2) is 12.5. The van der Waals surface area contributed by atoms with Gasteiger partial charge in [0.2, 0.25) is 0 Å². The molecule has 0 N–H and O–H groups in total. The Labute approximate surface area is 320 Å². The summed E-state index contributed by atoms with van der Waals surface area (Å²) in [6, 6.07) is 67.7. The molecule has 0 radical (unpaired) electrons. The van der Waals surface area contributed by atoms with E-state index in [1.54, 1.807) is 0 Å². The Morgan fingerprint density at radius 3 is 1.95 bits per heavy atom. The number of benzene rings is 8. The number of rotatable bonds is 6. The number of nitrogens with zero attached hydrogens (tertiary/aromatic N) is 2. The van der Waals surface area contributed by atoms with Crippen molar-refractivity contribution in [1.29, 1.82) is 0 Å². The van der Waals surface area contributed by atoms with Crippen LogP contribution < -0.4 is 4.90 Å². The lowest BCUT2D eigenvalue weighted by atomic mass is 9.97. The van der Waals surface area contributed by atoms with Crippen LogP contribution in [0, 0.1) is 6.92 Å². The van der Waals surface area contributed by atoms with Crippen molar-refractivity contribution in [2.75, 3.05) is 4.90 Å². The highest BCUT2D eigenvalue weighted by molar-refractivity contribution is 6.16. The molecule has 0 unspecified atom stereocenters. The third-order valence-corrected chi connectivity index (χ3v) is 11.4. The first kappa shape index (κ1) is 31.4. The summed E-state index contributed by atoms with van der Waals surface area (Å²) < 4.78 is 9.55.